The average molecular weight is 386 g/mol. The summed E-state index contributed by atoms with van der Waals surface area (Å²) in [5.74, 6) is 1.98. The fraction of sp³-hybridized carbons (Fsp3) is 0.217. The van der Waals surface area contributed by atoms with Crippen molar-refractivity contribution in [2.24, 2.45) is 0 Å². The minimum atomic E-state index is -0.879. The Hall–Kier alpha value is -3.54. The van der Waals surface area contributed by atoms with Crippen LogP contribution in [0.15, 0.2) is 54.7 Å². The first-order chi connectivity index (χ1) is 14.2. The molecule has 6 nitrogen and oxygen atoms in total. The molecule has 6 rings (SSSR count). The number of anilines is 1. The van der Waals surface area contributed by atoms with Gasteiger partial charge in [0.25, 0.3) is 0 Å². The molecule has 1 aromatic heterocycles. The first kappa shape index (κ1) is 16.4. The maximum Gasteiger partial charge on any atom is 0.246 e. The second kappa shape index (κ2) is 5.73. The largest absolute Gasteiger partial charge is 0.491 e. The van der Waals surface area contributed by atoms with E-state index in [0.717, 1.165) is 28.1 Å². The van der Waals surface area contributed by atoms with Crippen molar-refractivity contribution in [1.29, 1.82) is 0 Å². The number of hydrogen-bond acceptors (Lipinski definition) is 5. The van der Waals surface area contributed by atoms with E-state index in [1.54, 1.807) is 6.20 Å². The maximum atomic E-state index is 13.9. The highest BCUT2D eigenvalue weighted by atomic mass is 16.7. The van der Waals surface area contributed by atoms with Crippen molar-refractivity contribution in [3.63, 3.8) is 0 Å². The standard InChI is InChI=1S/C23H18N2O4/c1-14-5-4-8-24-17(14)11-25-18-7-3-2-6-15(18)23(22(25)26)12-27-19-10-21-20(9-16(19)23)28-13-29-21/h2-10H,11-13H2,1H3. The first-order valence-electron chi connectivity index (χ1n) is 9.57. The van der Waals surface area contributed by atoms with Gasteiger partial charge in [-0.15, -0.1) is 0 Å². The van der Waals surface area contributed by atoms with Gasteiger partial charge in [0.1, 0.15) is 17.8 Å². The quantitative estimate of drug-likeness (QED) is 0.676. The molecule has 4 heterocycles. The van der Waals surface area contributed by atoms with Crippen molar-refractivity contribution < 1.29 is 19.0 Å². The van der Waals surface area contributed by atoms with Crippen LogP contribution in [-0.4, -0.2) is 24.3 Å². The number of hydrogen-bond donors (Lipinski definition) is 0. The Labute approximate surface area is 167 Å². The molecule has 1 unspecified atom stereocenters. The molecule has 0 bridgehead atoms. The molecule has 1 atom stereocenters. The molecule has 29 heavy (non-hydrogen) atoms. The van der Waals surface area contributed by atoms with Crippen LogP contribution in [0, 0.1) is 6.92 Å². The molecular weight excluding hydrogens is 368 g/mol. The highest BCUT2D eigenvalue weighted by molar-refractivity contribution is 6.11. The number of para-hydroxylation sites is 1. The molecule has 0 saturated heterocycles. The molecule has 0 saturated carbocycles. The summed E-state index contributed by atoms with van der Waals surface area (Å²) in [4.78, 5) is 20.2. The van der Waals surface area contributed by atoms with Crippen LogP contribution in [0.5, 0.6) is 17.2 Å². The zero-order valence-electron chi connectivity index (χ0n) is 15.8. The third kappa shape index (κ3) is 2.11. The van der Waals surface area contributed by atoms with Crippen molar-refractivity contribution in [3.8, 4) is 17.2 Å². The van der Waals surface area contributed by atoms with Gasteiger partial charge in [-0.3, -0.25) is 9.78 Å². The Kier molecular flexibility index (Phi) is 3.25. The minimum Gasteiger partial charge on any atom is -0.491 e. The van der Waals surface area contributed by atoms with E-state index in [1.807, 2.05) is 60.4 Å². The van der Waals surface area contributed by atoms with E-state index >= 15 is 0 Å². The smallest absolute Gasteiger partial charge is 0.246 e. The topological polar surface area (TPSA) is 60.9 Å². The molecule has 0 radical (unpaired) electrons. The number of carbonyl (C=O) groups is 1. The average Bonchev–Trinajstić information content (AvgIpc) is 3.41. The molecule has 3 aromatic rings. The predicted octanol–water partition coefficient (Wildman–Crippen LogP) is 3.34. The SMILES string of the molecule is Cc1cccnc1CN1C(=O)C2(COc3cc4c(cc32)OCO4)c2ccccc21. The van der Waals surface area contributed by atoms with Crippen molar-refractivity contribution in [1.82, 2.24) is 4.98 Å². The summed E-state index contributed by atoms with van der Waals surface area (Å²) in [7, 11) is 0. The number of amides is 1. The van der Waals surface area contributed by atoms with Crippen molar-refractivity contribution in [3.05, 3.63) is 77.1 Å². The second-order valence-electron chi connectivity index (χ2n) is 7.57. The van der Waals surface area contributed by atoms with E-state index in [-0.39, 0.29) is 19.3 Å². The monoisotopic (exact) mass is 386 g/mol. The second-order valence-corrected chi connectivity index (χ2v) is 7.57. The normalized spacial score (nSPS) is 20.7. The molecule has 0 aliphatic carbocycles. The Morgan fingerprint density at radius 1 is 1.00 bits per heavy atom. The van der Waals surface area contributed by atoms with Crippen molar-refractivity contribution in [2.45, 2.75) is 18.9 Å². The molecular formula is C23H18N2O4. The lowest BCUT2D eigenvalue weighted by Gasteiger charge is -2.23. The summed E-state index contributed by atoms with van der Waals surface area (Å²) < 4.78 is 17.1. The van der Waals surface area contributed by atoms with Crippen LogP contribution < -0.4 is 19.1 Å². The first-order valence-corrected chi connectivity index (χ1v) is 9.57. The molecule has 3 aliphatic heterocycles. The van der Waals surface area contributed by atoms with Crippen molar-refractivity contribution >= 4 is 11.6 Å². The maximum absolute atomic E-state index is 13.9. The van der Waals surface area contributed by atoms with Crippen LogP contribution in [0.1, 0.15) is 22.4 Å². The zero-order valence-corrected chi connectivity index (χ0v) is 15.8. The van der Waals surface area contributed by atoms with Crippen LogP contribution in [0.4, 0.5) is 5.69 Å². The highest BCUT2D eigenvalue weighted by Crippen LogP contribution is 2.55. The van der Waals surface area contributed by atoms with Gasteiger partial charge in [-0.2, -0.15) is 0 Å². The third-order valence-corrected chi connectivity index (χ3v) is 6.07. The van der Waals surface area contributed by atoms with E-state index in [1.165, 1.54) is 0 Å². The number of aromatic nitrogens is 1. The molecule has 1 spiro atoms. The summed E-state index contributed by atoms with van der Waals surface area (Å²) in [6.45, 7) is 2.88. The third-order valence-electron chi connectivity index (χ3n) is 6.07. The van der Waals surface area contributed by atoms with Gasteiger partial charge in [0.05, 0.1) is 12.2 Å². The van der Waals surface area contributed by atoms with Crippen LogP contribution in [0.25, 0.3) is 0 Å². The van der Waals surface area contributed by atoms with Gasteiger partial charge >= 0.3 is 0 Å². The van der Waals surface area contributed by atoms with E-state index in [0.29, 0.717) is 23.8 Å². The number of aryl methyl sites for hydroxylation is 1. The van der Waals surface area contributed by atoms with Crippen molar-refractivity contribution in [2.75, 3.05) is 18.3 Å². The van der Waals surface area contributed by atoms with Gasteiger partial charge in [0.2, 0.25) is 12.7 Å². The Morgan fingerprint density at radius 3 is 2.69 bits per heavy atom. The van der Waals surface area contributed by atoms with Gasteiger partial charge in [0.15, 0.2) is 11.5 Å². The van der Waals surface area contributed by atoms with Gasteiger partial charge in [-0.25, -0.2) is 0 Å². The van der Waals surface area contributed by atoms with Gasteiger partial charge < -0.3 is 19.1 Å². The minimum absolute atomic E-state index is 0.00127. The summed E-state index contributed by atoms with van der Waals surface area (Å²) in [6.07, 6.45) is 1.76. The molecule has 0 N–H and O–H groups in total. The van der Waals surface area contributed by atoms with E-state index in [4.69, 9.17) is 14.2 Å². The van der Waals surface area contributed by atoms with Gasteiger partial charge in [-0.05, 0) is 36.2 Å². The molecule has 2 aromatic carbocycles. The number of nitrogens with zero attached hydrogens (tertiary/aromatic N) is 2. The molecule has 6 heteroatoms. The van der Waals surface area contributed by atoms with Gasteiger partial charge in [-0.1, -0.05) is 24.3 Å². The summed E-state index contributed by atoms with van der Waals surface area (Å²) >= 11 is 0. The predicted molar refractivity (Wildman–Crippen MR) is 105 cm³/mol. The molecule has 0 fully saturated rings. The fourth-order valence-corrected chi connectivity index (χ4v) is 4.56. The summed E-state index contributed by atoms with van der Waals surface area (Å²) in [5.41, 5.74) is 3.75. The summed E-state index contributed by atoms with van der Waals surface area (Å²) in [6, 6.07) is 15.6. The number of ether oxygens (including phenoxy) is 3. The van der Waals surface area contributed by atoms with Crippen LogP contribution in [-0.2, 0) is 16.8 Å². The number of benzene rings is 2. The molecule has 3 aliphatic rings. The number of fused-ring (bicyclic) bond motifs is 5. The lowest BCUT2D eigenvalue weighted by molar-refractivity contribution is -0.122. The number of rotatable bonds is 2. The van der Waals surface area contributed by atoms with E-state index in [2.05, 4.69) is 4.98 Å². The zero-order chi connectivity index (χ0) is 19.6. The van der Waals surface area contributed by atoms with Crippen LogP contribution >= 0.6 is 0 Å². The Morgan fingerprint density at radius 2 is 1.83 bits per heavy atom. The molecule has 1 amide bonds. The number of carbonyl (C=O) groups excluding carboxylic acids is 1. The number of pyridine rings is 1. The highest BCUT2D eigenvalue weighted by Gasteiger charge is 2.57. The Balaban J connectivity index is 1.51. The lowest BCUT2D eigenvalue weighted by Crippen LogP contribution is -2.42. The fourth-order valence-electron chi connectivity index (χ4n) is 4.56. The van der Waals surface area contributed by atoms with Crippen LogP contribution in [0.3, 0.4) is 0 Å². The van der Waals surface area contributed by atoms with E-state index < -0.39 is 5.41 Å². The van der Waals surface area contributed by atoms with Gasteiger partial charge in [0, 0.05) is 23.5 Å². The lowest BCUT2D eigenvalue weighted by atomic mass is 9.77. The Bertz CT molecular complexity index is 1180. The molecule has 144 valence electrons. The summed E-state index contributed by atoms with van der Waals surface area (Å²) in [5, 5.41) is 0. The van der Waals surface area contributed by atoms with Crippen LogP contribution in [0.2, 0.25) is 0 Å². The van der Waals surface area contributed by atoms with E-state index in [9.17, 15) is 4.79 Å².